The van der Waals surface area contributed by atoms with Crippen molar-refractivity contribution < 1.29 is 14.7 Å². The van der Waals surface area contributed by atoms with E-state index in [1.165, 1.54) is 0 Å². The van der Waals surface area contributed by atoms with E-state index in [9.17, 15) is 9.59 Å². The maximum atomic E-state index is 11.8. The molecular weight excluding hydrogens is 218 g/mol. The number of carbonyl (C=O) groups excluding carboxylic acids is 1. The van der Waals surface area contributed by atoms with Crippen LogP contribution in [0.2, 0.25) is 0 Å². The smallest absolute Gasteiger partial charge is 0.326 e. The van der Waals surface area contributed by atoms with Crippen LogP contribution in [0.4, 0.5) is 0 Å². The summed E-state index contributed by atoms with van der Waals surface area (Å²) in [5.41, 5.74) is 0.880. The lowest BCUT2D eigenvalue weighted by molar-refractivity contribution is -0.142. The minimum Gasteiger partial charge on any atom is -0.480 e. The van der Waals surface area contributed by atoms with E-state index < -0.39 is 12.0 Å². The summed E-state index contributed by atoms with van der Waals surface area (Å²) in [6, 6.07) is 8.48. The van der Waals surface area contributed by atoms with Crippen LogP contribution in [0.3, 0.4) is 0 Å². The standard InChI is InChI=1S/C13H17NO3/c1-3-11(13(16)17)14-12(15)9(2)10-7-5-4-6-8-10/h4-9,11H,3H2,1-2H3,(H,14,15)(H,16,17)/t9-,11?/m0/s1. The second-order valence-corrected chi connectivity index (χ2v) is 3.94. The van der Waals surface area contributed by atoms with E-state index in [1.54, 1.807) is 13.8 Å². The zero-order valence-corrected chi connectivity index (χ0v) is 10.0. The van der Waals surface area contributed by atoms with E-state index in [4.69, 9.17) is 5.11 Å². The molecule has 2 atom stereocenters. The molecule has 2 N–H and O–H groups in total. The van der Waals surface area contributed by atoms with Crippen molar-refractivity contribution in [2.24, 2.45) is 0 Å². The predicted molar refractivity (Wildman–Crippen MR) is 64.7 cm³/mol. The summed E-state index contributed by atoms with van der Waals surface area (Å²) in [7, 11) is 0. The van der Waals surface area contributed by atoms with Gasteiger partial charge < -0.3 is 10.4 Å². The van der Waals surface area contributed by atoms with Crippen molar-refractivity contribution in [2.45, 2.75) is 32.2 Å². The first kappa shape index (κ1) is 13.2. The molecule has 4 heteroatoms. The van der Waals surface area contributed by atoms with Gasteiger partial charge in [-0.15, -0.1) is 0 Å². The molecule has 0 saturated carbocycles. The first-order chi connectivity index (χ1) is 8.06. The molecule has 1 amide bonds. The van der Waals surface area contributed by atoms with Crippen LogP contribution in [0.1, 0.15) is 31.7 Å². The highest BCUT2D eigenvalue weighted by molar-refractivity contribution is 5.87. The fourth-order valence-corrected chi connectivity index (χ4v) is 1.53. The van der Waals surface area contributed by atoms with E-state index in [0.717, 1.165) is 5.56 Å². The highest BCUT2D eigenvalue weighted by Gasteiger charge is 2.21. The van der Waals surface area contributed by atoms with E-state index in [0.29, 0.717) is 6.42 Å². The van der Waals surface area contributed by atoms with Crippen molar-refractivity contribution in [3.63, 3.8) is 0 Å². The molecule has 0 aliphatic carbocycles. The lowest BCUT2D eigenvalue weighted by Crippen LogP contribution is -2.42. The van der Waals surface area contributed by atoms with Crippen LogP contribution in [0.15, 0.2) is 30.3 Å². The summed E-state index contributed by atoms with van der Waals surface area (Å²) in [5.74, 6) is -1.60. The number of rotatable bonds is 5. The van der Waals surface area contributed by atoms with Gasteiger partial charge in [0.25, 0.3) is 0 Å². The van der Waals surface area contributed by atoms with Gasteiger partial charge in [-0.05, 0) is 18.9 Å². The zero-order valence-electron chi connectivity index (χ0n) is 10.0. The molecule has 0 aromatic heterocycles. The maximum Gasteiger partial charge on any atom is 0.326 e. The molecule has 4 nitrogen and oxygen atoms in total. The van der Waals surface area contributed by atoms with Crippen LogP contribution in [0.5, 0.6) is 0 Å². The van der Waals surface area contributed by atoms with Crippen molar-refractivity contribution in [1.82, 2.24) is 5.32 Å². The largest absolute Gasteiger partial charge is 0.480 e. The summed E-state index contributed by atoms with van der Waals surface area (Å²) in [4.78, 5) is 22.7. The van der Waals surface area contributed by atoms with Crippen LogP contribution in [-0.4, -0.2) is 23.0 Å². The molecule has 0 radical (unpaired) electrons. The van der Waals surface area contributed by atoms with Gasteiger partial charge in [0, 0.05) is 0 Å². The summed E-state index contributed by atoms with van der Waals surface area (Å²) in [6.45, 7) is 3.49. The number of hydrogen-bond acceptors (Lipinski definition) is 2. The van der Waals surface area contributed by atoms with Crippen molar-refractivity contribution in [3.05, 3.63) is 35.9 Å². The number of aliphatic carboxylic acids is 1. The van der Waals surface area contributed by atoms with Crippen molar-refractivity contribution in [3.8, 4) is 0 Å². The molecule has 0 aliphatic rings. The summed E-state index contributed by atoms with van der Waals surface area (Å²) in [5, 5.41) is 11.4. The number of hydrogen-bond donors (Lipinski definition) is 2. The Morgan fingerprint density at radius 3 is 2.35 bits per heavy atom. The number of nitrogens with one attached hydrogen (secondary N) is 1. The first-order valence-corrected chi connectivity index (χ1v) is 5.64. The average molecular weight is 235 g/mol. The number of benzene rings is 1. The highest BCUT2D eigenvalue weighted by atomic mass is 16.4. The second-order valence-electron chi connectivity index (χ2n) is 3.94. The Hall–Kier alpha value is -1.84. The third kappa shape index (κ3) is 3.59. The molecular formula is C13H17NO3. The van der Waals surface area contributed by atoms with Gasteiger partial charge in [-0.25, -0.2) is 4.79 Å². The number of carboxylic acids is 1. The van der Waals surface area contributed by atoms with Gasteiger partial charge in [0.15, 0.2) is 0 Å². The van der Waals surface area contributed by atoms with Crippen LogP contribution in [-0.2, 0) is 9.59 Å². The second kappa shape index (κ2) is 6.03. The summed E-state index contributed by atoms with van der Waals surface area (Å²) >= 11 is 0. The Kier molecular flexibility index (Phi) is 4.69. The third-order valence-electron chi connectivity index (χ3n) is 2.72. The third-order valence-corrected chi connectivity index (χ3v) is 2.72. The lowest BCUT2D eigenvalue weighted by Gasteiger charge is -2.16. The summed E-state index contributed by atoms with van der Waals surface area (Å²) in [6.07, 6.45) is 0.378. The molecule has 1 rings (SSSR count). The Labute approximate surface area is 101 Å². The van der Waals surface area contributed by atoms with Crippen LogP contribution >= 0.6 is 0 Å². The zero-order chi connectivity index (χ0) is 12.8. The molecule has 92 valence electrons. The van der Waals surface area contributed by atoms with Gasteiger partial charge in [0.1, 0.15) is 6.04 Å². The van der Waals surface area contributed by atoms with Gasteiger partial charge in [-0.3, -0.25) is 4.79 Å². The topological polar surface area (TPSA) is 66.4 Å². The quantitative estimate of drug-likeness (QED) is 0.817. The maximum absolute atomic E-state index is 11.8. The number of carboxylic acid groups (broad SMARTS) is 1. The van der Waals surface area contributed by atoms with Gasteiger partial charge >= 0.3 is 5.97 Å². The number of amides is 1. The molecule has 1 unspecified atom stereocenters. The van der Waals surface area contributed by atoms with Gasteiger partial charge in [0.2, 0.25) is 5.91 Å². The highest BCUT2D eigenvalue weighted by Crippen LogP contribution is 2.14. The number of carbonyl (C=O) groups is 2. The fourth-order valence-electron chi connectivity index (χ4n) is 1.53. The SMILES string of the molecule is CCC(NC(=O)[C@@H](C)c1ccccc1)C(=O)O. The molecule has 0 heterocycles. The Morgan fingerprint density at radius 1 is 1.29 bits per heavy atom. The first-order valence-electron chi connectivity index (χ1n) is 5.64. The van der Waals surface area contributed by atoms with E-state index in [1.807, 2.05) is 30.3 Å². The van der Waals surface area contributed by atoms with Crippen LogP contribution < -0.4 is 5.32 Å². The van der Waals surface area contributed by atoms with Crippen molar-refractivity contribution in [2.75, 3.05) is 0 Å². The van der Waals surface area contributed by atoms with Crippen molar-refractivity contribution >= 4 is 11.9 Å². The molecule has 0 aliphatic heterocycles. The van der Waals surface area contributed by atoms with E-state index in [2.05, 4.69) is 5.32 Å². The van der Waals surface area contributed by atoms with Gasteiger partial charge in [-0.2, -0.15) is 0 Å². The predicted octanol–water partition coefficient (Wildman–Crippen LogP) is 1.77. The molecule has 1 aromatic carbocycles. The molecule has 1 aromatic rings. The van der Waals surface area contributed by atoms with Crippen LogP contribution in [0, 0.1) is 0 Å². The minimum absolute atomic E-state index is 0.259. The molecule has 17 heavy (non-hydrogen) atoms. The van der Waals surface area contributed by atoms with Gasteiger partial charge in [0.05, 0.1) is 5.92 Å². The van der Waals surface area contributed by atoms with Crippen LogP contribution in [0.25, 0.3) is 0 Å². The Bertz CT molecular complexity index is 389. The Balaban J connectivity index is 2.68. The minimum atomic E-state index is -0.999. The van der Waals surface area contributed by atoms with E-state index >= 15 is 0 Å². The fraction of sp³-hybridized carbons (Fsp3) is 0.385. The van der Waals surface area contributed by atoms with Gasteiger partial charge in [-0.1, -0.05) is 37.3 Å². The lowest BCUT2D eigenvalue weighted by atomic mass is 10.00. The Morgan fingerprint density at radius 2 is 1.88 bits per heavy atom. The van der Waals surface area contributed by atoms with E-state index in [-0.39, 0.29) is 11.8 Å². The normalized spacial score (nSPS) is 13.8. The molecule has 0 bridgehead atoms. The molecule has 0 fully saturated rings. The van der Waals surface area contributed by atoms with Crippen molar-refractivity contribution in [1.29, 1.82) is 0 Å². The molecule has 0 spiro atoms. The summed E-state index contributed by atoms with van der Waals surface area (Å²) < 4.78 is 0. The monoisotopic (exact) mass is 235 g/mol. The average Bonchev–Trinajstić information content (AvgIpc) is 2.35. The molecule has 0 saturated heterocycles.